The molecule has 0 aliphatic rings. The van der Waals surface area contributed by atoms with Crippen molar-refractivity contribution in [1.82, 2.24) is 9.97 Å². The minimum absolute atomic E-state index is 0.0854. The highest BCUT2D eigenvalue weighted by molar-refractivity contribution is 5.90. The lowest BCUT2D eigenvalue weighted by Crippen LogP contribution is -1.92. The van der Waals surface area contributed by atoms with Crippen LogP contribution in [-0.4, -0.2) is 22.2 Å². The molecule has 5 nitrogen and oxygen atoms in total. The quantitative estimate of drug-likeness (QED) is 0.531. The Kier molecular flexibility index (Phi) is 4.76. The molecular weight excluding hydrogens is 326 g/mol. The largest absolute Gasteiger partial charge is 0.504 e. The van der Waals surface area contributed by atoms with Crippen molar-refractivity contribution in [1.29, 1.82) is 5.26 Å². The molecule has 1 heterocycles. The van der Waals surface area contributed by atoms with E-state index in [0.29, 0.717) is 29.1 Å². The molecule has 0 radical (unpaired) electrons. The molecule has 3 rings (SSSR count). The van der Waals surface area contributed by atoms with E-state index in [1.54, 1.807) is 18.2 Å². The average Bonchev–Trinajstić information content (AvgIpc) is 3.05. The van der Waals surface area contributed by atoms with Crippen LogP contribution in [0.25, 0.3) is 22.7 Å². The fourth-order valence-electron chi connectivity index (χ4n) is 2.81. The number of rotatable bonds is 5. The van der Waals surface area contributed by atoms with Crippen LogP contribution in [0.1, 0.15) is 22.5 Å². The number of phenols is 1. The molecule has 130 valence electrons. The lowest BCUT2D eigenvalue weighted by molar-refractivity contribution is 0.371. The second-order valence-corrected chi connectivity index (χ2v) is 6.00. The number of allylic oxidation sites excluding steroid dienone is 2. The third-order valence-electron chi connectivity index (χ3n) is 4.08. The van der Waals surface area contributed by atoms with Gasteiger partial charge in [0, 0.05) is 5.56 Å². The number of benzene rings is 2. The van der Waals surface area contributed by atoms with E-state index in [0.717, 1.165) is 22.2 Å². The highest BCUT2D eigenvalue weighted by Crippen LogP contribution is 2.33. The van der Waals surface area contributed by atoms with Gasteiger partial charge in [0.15, 0.2) is 11.5 Å². The maximum absolute atomic E-state index is 10.2. The number of hydrogen-bond donors (Lipinski definition) is 2. The summed E-state index contributed by atoms with van der Waals surface area (Å²) in [6, 6.07) is 11.6. The molecule has 0 spiro atoms. The summed E-state index contributed by atoms with van der Waals surface area (Å²) in [4.78, 5) is 7.69. The summed E-state index contributed by atoms with van der Waals surface area (Å²) in [5.74, 6) is 0.945. The summed E-state index contributed by atoms with van der Waals surface area (Å²) < 4.78 is 5.23. The van der Waals surface area contributed by atoms with Gasteiger partial charge < -0.3 is 14.8 Å². The van der Waals surface area contributed by atoms with Crippen molar-refractivity contribution in [2.45, 2.75) is 13.3 Å². The Hall–Kier alpha value is -3.52. The molecule has 0 bridgehead atoms. The lowest BCUT2D eigenvalue weighted by atomic mass is 10.0. The third kappa shape index (κ3) is 3.31. The molecule has 0 unspecified atom stereocenters. The number of ether oxygens (including phenoxy) is 1. The van der Waals surface area contributed by atoms with Crippen molar-refractivity contribution in [3.05, 3.63) is 65.5 Å². The Labute approximate surface area is 151 Å². The molecule has 0 saturated carbocycles. The number of aromatic amines is 1. The molecule has 0 amide bonds. The minimum atomic E-state index is 0.0854. The molecule has 2 aromatic carbocycles. The van der Waals surface area contributed by atoms with E-state index in [1.165, 1.54) is 7.11 Å². The second-order valence-electron chi connectivity index (χ2n) is 6.00. The van der Waals surface area contributed by atoms with E-state index in [9.17, 15) is 10.4 Å². The van der Waals surface area contributed by atoms with Crippen LogP contribution in [-0.2, 0) is 6.42 Å². The molecule has 3 aromatic rings. The average molecular weight is 345 g/mol. The van der Waals surface area contributed by atoms with Crippen LogP contribution < -0.4 is 4.74 Å². The van der Waals surface area contributed by atoms with E-state index < -0.39 is 0 Å². The van der Waals surface area contributed by atoms with Gasteiger partial charge >= 0.3 is 0 Å². The highest BCUT2D eigenvalue weighted by atomic mass is 16.5. The first-order valence-corrected chi connectivity index (χ1v) is 8.15. The zero-order chi connectivity index (χ0) is 18.7. The zero-order valence-electron chi connectivity index (χ0n) is 14.7. The first kappa shape index (κ1) is 17.3. The Balaban J connectivity index is 2.09. The van der Waals surface area contributed by atoms with Gasteiger partial charge in [0.05, 0.1) is 23.7 Å². The van der Waals surface area contributed by atoms with Gasteiger partial charge in [0.2, 0.25) is 0 Å². The van der Waals surface area contributed by atoms with Gasteiger partial charge in [-0.25, -0.2) is 4.98 Å². The Morgan fingerprint density at radius 1 is 1.38 bits per heavy atom. The van der Waals surface area contributed by atoms with Gasteiger partial charge in [0.25, 0.3) is 0 Å². The second kappa shape index (κ2) is 7.16. The molecular formula is C21H19N3O2. The number of nitrogens with one attached hydrogen (secondary N) is 1. The Morgan fingerprint density at radius 2 is 2.19 bits per heavy atom. The number of fused-ring (bicyclic) bond motifs is 1. The summed E-state index contributed by atoms with van der Waals surface area (Å²) in [5.41, 5.74) is 4.63. The van der Waals surface area contributed by atoms with Crippen molar-refractivity contribution < 1.29 is 9.84 Å². The summed E-state index contributed by atoms with van der Waals surface area (Å²) in [6.45, 7) is 5.71. The van der Waals surface area contributed by atoms with Crippen LogP contribution in [0.4, 0.5) is 0 Å². The van der Waals surface area contributed by atoms with Gasteiger partial charge in [-0.15, -0.1) is 6.58 Å². The standard InChI is InChI=1S/C21H19N3O2/c1-4-5-15-9-14(11-19(26-3)20(15)25)10-16(12-22)21-23-17-7-6-13(2)8-18(17)24-21/h4,6-11,25H,1,5H2,2-3H3,(H,23,24). The van der Waals surface area contributed by atoms with Crippen LogP contribution in [0.2, 0.25) is 0 Å². The number of aromatic hydroxyl groups is 1. The maximum Gasteiger partial charge on any atom is 0.161 e. The first-order valence-electron chi connectivity index (χ1n) is 8.15. The molecule has 0 aliphatic carbocycles. The van der Waals surface area contributed by atoms with Crippen molar-refractivity contribution >= 4 is 22.7 Å². The summed E-state index contributed by atoms with van der Waals surface area (Å²) in [5, 5.41) is 19.8. The van der Waals surface area contributed by atoms with E-state index in [1.807, 2.05) is 31.2 Å². The van der Waals surface area contributed by atoms with Crippen molar-refractivity contribution in [3.8, 4) is 17.6 Å². The van der Waals surface area contributed by atoms with Gasteiger partial charge in [0.1, 0.15) is 11.9 Å². The monoisotopic (exact) mass is 345 g/mol. The first-order chi connectivity index (χ1) is 12.5. The summed E-state index contributed by atoms with van der Waals surface area (Å²) in [7, 11) is 1.49. The van der Waals surface area contributed by atoms with Crippen LogP contribution in [0.3, 0.4) is 0 Å². The van der Waals surface area contributed by atoms with E-state index in [4.69, 9.17) is 4.74 Å². The van der Waals surface area contributed by atoms with Crippen LogP contribution >= 0.6 is 0 Å². The fourth-order valence-corrected chi connectivity index (χ4v) is 2.81. The van der Waals surface area contributed by atoms with Crippen molar-refractivity contribution in [3.63, 3.8) is 0 Å². The predicted octanol–water partition coefficient (Wildman–Crippen LogP) is 4.38. The number of aromatic nitrogens is 2. The SMILES string of the molecule is C=CCc1cc(C=C(C#N)c2nc3ccc(C)cc3[nH]2)cc(OC)c1O. The highest BCUT2D eigenvalue weighted by Gasteiger charge is 2.12. The van der Waals surface area contributed by atoms with Gasteiger partial charge in [-0.05, 0) is 54.8 Å². The third-order valence-corrected chi connectivity index (χ3v) is 4.08. The Bertz CT molecular complexity index is 1060. The number of aryl methyl sites for hydroxylation is 1. The normalized spacial score (nSPS) is 11.3. The van der Waals surface area contributed by atoms with Gasteiger partial charge in [-0.1, -0.05) is 12.1 Å². The number of hydrogen-bond acceptors (Lipinski definition) is 4. The van der Waals surface area contributed by atoms with Gasteiger partial charge in [-0.3, -0.25) is 0 Å². The predicted molar refractivity (Wildman–Crippen MR) is 103 cm³/mol. The zero-order valence-corrected chi connectivity index (χ0v) is 14.7. The molecule has 5 heteroatoms. The number of nitrogens with zero attached hydrogens (tertiary/aromatic N) is 2. The number of methoxy groups -OCH3 is 1. The number of nitriles is 1. The lowest BCUT2D eigenvalue weighted by Gasteiger charge is -2.09. The maximum atomic E-state index is 10.2. The number of H-pyrrole nitrogens is 1. The number of imidazole rings is 1. The van der Waals surface area contributed by atoms with E-state index in [-0.39, 0.29) is 5.75 Å². The molecule has 0 saturated heterocycles. The van der Waals surface area contributed by atoms with E-state index in [2.05, 4.69) is 22.6 Å². The van der Waals surface area contributed by atoms with Crippen molar-refractivity contribution in [2.24, 2.45) is 0 Å². The molecule has 0 aliphatic heterocycles. The minimum Gasteiger partial charge on any atom is -0.504 e. The molecule has 0 atom stereocenters. The Morgan fingerprint density at radius 3 is 2.88 bits per heavy atom. The molecule has 2 N–H and O–H groups in total. The summed E-state index contributed by atoms with van der Waals surface area (Å²) in [6.07, 6.45) is 3.92. The molecule has 1 aromatic heterocycles. The smallest absolute Gasteiger partial charge is 0.161 e. The van der Waals surface area contributed by atoms with Gasteiger partial charge in [-0.2, -0.15) is 5.26 Å². The summed E-state index contributed by atoms with van der Waals surface area (Å²) >= 11 is 0. The number of phenolic OH excluding ortho intramolecular Hbond substituents is 1. The topological polar surface area (TPSA) is 81.9 Å². The molecule has 0 fully saturated rings. The van der Waals surface area contributed by atoms with E-state index >= 15 is 0 Å². The van der Waals surface area contributed by atoms with Crippen LogP contribution in [0.15, 0.2) is 43.0 Å². The molecule has 26 heavy (non-hydrogen) atoms. The van der Waals surface area contributed by atoms with Crippen LogP contribution in [0.5, 0.6) is 11.5 Å². The van der Waals surface area contributed by atoms with Crippen LogP contribution in [0, 0.1) is 18.3 Å². The van der Waals surface area contributed by atoms with Crippen molar-refractivity contribution in [2.75, 3.05) is 7.11 Å². The fraction of sp³-hybridized carbons (Fsp3) is 0.143.